The van der Waals surface area contributed by atoms with E-state index in [4.69, 9.17) is 9.47 Å². The molecule has 0 bridgehead atoms. The molecule has 4 nitrogen and oxygen atoms in total. The van der Waals surface area contributed by atoms with E-state index < -0.39 is 0 Å². The Hall–Kier alpha value is -2.07. The van der Waals surface area contributed by atoms with Gasteiger partial charge in [-0.05, 0) is 38.5 Å². The van der Waals surface area contributed by atoms with Crippen LogP contribution in [-0.4, -0.2) is 15.7 Å². The molecule has 21 heavy (non-hydrogen) atoms. The zero-order chi connectivity index (χ0) is 15.0. The molecule has 0 unspecified atom stereocenters. The molecule has 2 heterocycles. The summed E-state index contributed by atoms with van der Waals surface area (Å²) >= 11 is 0. The number of rotatable bonds is 3. The van der Waals surface area contributed by atoms with Crippen molar-refractivity contribution >= 4 is 0 Å². The fraction of sp³-hybridized carbons (Fsp3) is 0.353. The average Bonchev–Trinajstić information content (AvgIpc) is 2.74. The van der Waals surface area contributed by atoms with Gasteiger partial charge in [0.1, 0.15) is 5.60 Å². The minimum absolute atomic E-state index is 0.0167. The third-order valence-corrected chi connectivity index (χ3v) is 3.61. The second kappa shape index (κ2) is 5.04. The molecule has 1 aromatic heterocycles. The molecule has 1 N–H and O–H groups in total. The molecule has 1 aliphatic rings. The summed E-state index contributed by atoms with van der Waals surface area (Å²) in [4.78, 5) is 4.36. The Kier molecular flexibility index (Phi) is 3.33. The monoisotopic (exact) mass is 285 g/mol. The largest absolute Gasteiger partial charge is 0.483 e. The molecule has 0 atom stereocenters. The van der Waals surface area contributed by atoms with Gasteiger partial charge in [0.25, 0.3) is 0 Å². The summed E-state index contributed by atoms with van der Waals surface area (Å²) < 4.78 is 11.9. The Balaban J connectivity index is 1.90. The van der Waals surface area contributed by atoms with Crippen molar-refractivity contribution in [1.82, 2.24) is 4.98 Å². The number of nitrogens with zero attached hydrogens (tertiary/aromatic N) is 1. The molecule has 0 saturated heterocycles. The lowest BCUT2D eigenvalue weighted by atomic mass is 10.0. The van der Waals surface area contributed by atoms with Crippen molar-refractivity contribution in [2.45, 2.75) is 39.4 Å². The Morgan fingerprint density at radius 1 is 1.29 bits per heavy atom. The number of pyridine rings is 1. The van der Waals surface area contributed by atoms with E-state index in [0.29, 0.717) is 11.6 Å². The van der Waals surface area contributed by atoms with Crippen molar-refractivity contribution in [3.05, 3.63) is 47.2 Å². The molecule has 0 aliphatic carbocycles. The number of aliphatic hydroxyl groups excluding tert-OH is 1. The van der Waals surface area contributed by atoms with Crippen LogP contribution in [0.15, 0.2) is 30.3 Å². The highest BCUT2D eigenvalue weighted by Gasteiger charge is 2.32. The molecular formula is C17H19NO3. The predicted molar refractivity (Wildman–Crippen MR) is 79.8 cm³/mol. The maximum absolute atomic E-state index is 9.18. The van der Waals surface area contributed by atoms with Gasteiger partial charge in [-0.25, -0.2) is 4.98 Å². The van der Waals surface area contributed by atoms with E-state index in [1.165, 1.54) is 0 Å². The molecule has 1 aliphatic heterocycles. The number of benzene rings is 1. The van der Waals surface area contributed by atoms with Crippen LogP contribution in [0.5, 0.6) is 17.4 Å². The van der Waals surface area contributed by atoms with Crippen molar-refractivity contribution in [1.29, 1.82) is 0 Å². The number of aryl methyl sites for hydroxylation is 1. The molecule has 110 valence electrons. The Morgan fingerprint density at radius 3 is 2.81 bits per heavy atom. The highest BCUT2D eigenvalue weighted by atomic mass is 16.5. The Morgan fingerprint density at radius 2 is 2.10 bits per heavy atom. The Labute approximate surface area is 124 Å². The van der Waals surface area contributed by atoms with E-state index in [-0.39, 0.29) is 12.2 Å². The summed E-state index contributed by atoms with van der Waals surface area (Å²) in [5.74, 6) is 1.99. The van der Waals surface area contributed by atoms with Crippen molar-refractivity contribution in [3.63, 3.8) is 0 Å². The quantitative estimate of drug-likeness (QED) is 0.939. The van der Waals surface area contributed by atoms with Gasteiger partial charge in [-0.2, -0.15) is 0 Å². The van der Waals surface area contributed by atoms with Crippen LogP contribution in [0.25, 0.3) is 0 Å². The lowest BCUT2D eigenvalue weighted by molar-refractivity contribution is 0.135. The van der Waals surface area contributed by atoms with Gasteiger partial charge in [0.05, 0.1) is 6.61 Å². The van der Waals surface area contributed by atoms with Crippen molar-refractivity contribution in [2.75, 3.05) is 0 Å². The van der Waals surface area contributed by atoms with Crippen LogP contribution in [0.4, 0.5) is 0 Å². The van der Waals surface area contributed by atoms with E-state index in [0.717, 1.165) is 29.0 Å². The van der Waals surface area contributed by atoms with E-state index in [2.05, 4.69) is 24.9 Å². The topological polar surface area (TPSA) is 51.6 Å². The summed E-state index contributed by atoms with van der Waals surface area (Å²) in [5.41, 5.74) is 2.52. The van der Waals surface area contributed by atoms with Gasteiger partial charge in [0.15, 0.2) is 11.5 Å². The normalized spacial score (nSPS) is 15.4. The smallest absolute Gasteiger partial charge is 0.219 e. The summed E-state index contributed by atoms with van der Waals surface area (Å²) in [6.45, 7) is 5.97. The van der Waals surface area contributed by atoms with Crippen LogP contribution in [0.2, 0.25) is 0 Å². The van der Waals surface area contributed by atoms with Gasteiger partial charge in [-0.1, -0.05) is 12.1 Å². The first-order chi connectivity index (χ1) is 9.98. The third-order valence-electron chi connectivity index (χ3n) is 3.61. The van der Waals surface area contributed by atoms with E-state index in [1.807, 2.05) is 25.1 Å². The number of hydrogen-bond donors (Lipinski definition) is 1. The highest BCUT2D eigenvalue weighted by Crippen LogP contribution is 2.43. The first kappa shape index (κ1) is 13.9. The maximum Gasteiger partial charge on any atom is 0.219 e. The molecule has 0 radical (unpaired) electrons. The lowest BCUT2D eigenvalue weighted by Gasteiger charge is -2.18. The molecular weight excluding hydrogens is 266 g/mol. The van der Waals surface area contributed by atoms with E-state index >= 15 is 0 Å². The minimum Gasteiger partial charge on any atom is -0.483 e. The summed E-state index contributed by atoms with van der Waals surface area (Å²) in [7, 11) is 0. The predicted octanol–water partition coefficient (Wildman–Crippen LogP) is 3.39. The molecule has 0 amide bonds. The zero-order valence-electron chi connectivity index (χ0n) is 12.5. The summed E-state index contributed by atoms with van der Waals surface area (Å²) in [6, 6.07) is 9.50. The van der Waals surface area contributed by atoms with Gasteiger partial charge in [0, 0.05) is 23.7 Å². The molecule has 2 aromatic rings. The first-order valence-corrected chi connectivity index (χ1v) is 7.05. The Bertz CT molecular complexity index is 680. The number of para-hydroxylation sites is 1. The molecule has 0 saturated carbocycles. The third kappa shape index (κ3) is 2.72. The molecule has 0 spiro atoms. The van der Waals surface area contributed by atoms with E-state index in [9.17, 15) is 5.11 Å². The van der Waals surface area contributed by atoms with Crippen LogP contribution >= 0.6 is 0 Å². The number of aliphatic hydroxyl groups is 1. The molecule has 0 fully saturated rings. The molecule has 4 heteroatoms. The van der Waals surface area contributed by atoms with Gasteiger partial charge < -0.3 is 14.6 Å². The van der Waals surface area contributed by atoms with Crippen LogP contribution < -0.4 is 9.47 Å². The average molecular weight is 285 g/mol. The van der Waals surface area contributed by atoms with E-state index in [1.54, 1.807) is 6.07 Å². The minimum atomic E-state index is -0.202. The highest BCUT2D eigenvalue weighted by molar-refractivity contribution is 5.51. The second-order valence-corrected chi connectivity index (χ2v) is 5.94. The van der Waals surface area contributed by atoms with Crippen molar-refractivity contribution < 1.29 is 14.6 Å². The van der Waals surface area contributed by atoms with Gasteiger partial charge >= 0.3 is 0 Å². The van der Waals surface area contributed by atoms with Crippen LogP contribution in [0.3, 0.4) is 0 Å². The fourth-order valence-electron chi connectivity index (χ4n) is 2.57. The SMILES string of the molecule is Cc1nc(Oc2cccc3c2OC(C)(C)C3)ccc1CO. The zero-order valence-corrected chi connectivity index (χ0v) is 12.5. The van der Waals surface area contributed by atoms with Crippen LogP contribution in [0, 0.1) is 6.92 Å². The maximum atomic E-state index is 9.18. The number of ether oxygens (including phenoxy) is 2. The number of hydrogen-bond acceptors (Lipinski definition) is 4. The van der Waals surface area contributed by atoms with Crippen LogP contribution in [-0.2, 0) is 13.0 Å². The standard InChI is InChI=1S/C17H19NO3/c1-11-13(10-19)7-8-15(18-11)20-14-6-4-5-12-9-17(2,3)21-16(12)14/h4-8,19H,9-10H2,1-3H3. The summed E-state index contributed by atoms with van der Waals surface area (Å²) in [6.07, 6.45) is 0.870. The number of fused-ring (bicyclic) bond motifs is 1. The van der Waals surface area contributed by atoms with Gasteiger partial charge in [0.2, 0.25) is 5.88 Å². The summed E-state index contributed by atoms with van der Waals surface area (Å²) in [5, 5.41) is 9.18. The first-order valence-electron chi connectivity index (χ1n) is 7.05. The number of aromatic nitrogens is 1. The van der Waals surface area contributed by atoms with Gasteiger partial charge in [-0.15, -0.1) is 0 Å². The fourth-order valence-corrected chi connectivity index (χ4v) is 2.57. The molecule has 1 aromatic carbocycles. The lowest BCUT2D eigenvalue weighted by Crippen LogP contribution is -2.24. The van der Waals surface area contributed by atoms with Gasteiger partial charge in [-0.3, -0.25) is 0 Å². The second-order valence-electron chi connectivity index (χ2n) is 5.94. The molecule has 3 rings (SSSR count). The van der Waals surface area contributed by atoms with Crippen molar-refractivity contribution in [2.24, 2.45) is 0 Å². The van der Waals surface area contributed by atoms with Crippen molar-refractivity contribution in [3.8, 4) is 17.4 Å². The van der Waals surface area contributed by atoms with Crippen LogP contribution in [0.1, 0.15) is 30.7 Å².